The van der Waals surface area contributed by atoms with Gasteiger partial charge in [-0.15, -0.1) is 0 Å². The van der Waals surface area contributed by atoms with Crippen LogP contribution >= 0.6 is 0 Å². The minimum atomic E-state index is -0.136. The molecule has 26 heavy (non-hydrogen) atoms. The van der Waals surface area contributed by atoms with Gasteiger partial charge in [0, 0.05) is 17.9 Å². The van der Waals surface area contributed by atoms with Gasteiger partial charge in [0.15, 0.2) is 0 Å². The Morgan fingerprint density at radius 3 is 2.31 bits per heavy atom. The standard InChI is InChI=1S/C21H18N4O/c1-2-25(19-6-4-3-5-7-19)21(26)20-13-12-18(15-23-20)24-17-10-8-16(14-22)9-11-17/h3-13,15,24H,2H2,1H3. The first-order valence-electron chi connectivity index (χ1n) is 8.31. The van der Waals surface area contributed by atoms with Crippen LogP contribution in [0.3, 0.4) is 0 Å². The molecule has 5 nitrogen and oxygen atoms in total. The molecule has 0 atom stereocenters. The zero-order chi connectivity index (χ0) is 18.4. The smallest absolute Gasteiger partial charge is 0.276 e. The number of amides is 1. The molecular formula is C21H18N4O. The quantitative estimate of drug-likeness (QED) is 0.748. The normalized spacial score (nSPS) is 10.0. The summed E-state index contributed by atoms with van der Waals surface area (Å²) in [6.07, 6.45) is 1.63. The second kappa shape index (κ2) is 7.95. The molecule has 0 aliphatic heterocycles. The summed E-state index contributed by atoms with van der Waals surface area (Å²) in [4.78, 5) is 18.7. The number of aromatic nitrogens is 1. The summed E-state index contributed by atoms with van der Waals surface area (Å²) in [7, 11) is 0. The molecule has 0 saturated heterocycles. The number of anilines is 3. The Morgan fingerprint density at radius 2 is 1.73 bits per heavy atom. The van der Waals surface area contributed by atoms with E-state index in [-0.39, 0.29) is 5.91 Å². The van der Waals surface area contributed by atoms with Gasteiger partial charge in [0.25, 0.3) is 5.91 Å². The van der Waals surface area contributed by atoms with E-state index in [2.05, 4.69) is 16.4 Å². The molecule has 2 aromatic carbocycles. The average molecular weight is 342 g/mol. The van der Waals surface area contributed by atoms with E-state index in [0.29, 0.717) is 17.8 Å². The Kier molecular flexibility index (Phi) is 5.25. The monoisotopic (exact) mass is 342 g/mol. The Morgan fingerprint density at radius 1 is 1.04 bits per heavy atom. The van der Waals surface area contributed by atoms with Crippen LogP contribution in [0.15, 0.2) is 72.9 Å². The lowest BCUT2D eigenvalue weighted by molar-refractivity contribution is 0.0983. The Hall–Kier alpha value is -3.65. The summed E-state index contributed by atoms with van der Waals surface area (Å²) < 4.78 is 0. The van der Waals surface area contributed by atoms with Crippen LogP contribution < -0.4 is 10.2 Å². The molecule has 1 heterocycles. The average Bonchev–Trinajstić information content (AvgIpc) is 2.70. The fourth-order valence-corrected chi connectivity index (χ4v) is 2.58. The van der Waals surface area contributed by atoms with Crippen LogP contribution in [-0.4, -0.2) is 17.4 Å². The van der Waals surface area contributed by atoms with E-state index < -0.39 is 0 Å². The lowest BCUT2D eigenvalue weighted by Crippen LogP contribution is -2.31. The zero-order valence-corrected chi connectivity index (χ0v) is 14.4. The highest BCUT2D eigenvalue weighted by Crippen LogP contribution is 2.19. The van der Waals surface area contributed by atoms with Gasteiger partial charge in [-0.25, -0.2) is 4.98 Å². The van der Waals surface area contributed by atoms with Crippen molar-refractivity contribution in [3.05, 3.63) is 84.2 Å². The van der Waals surface area contributed by atoms with Gasteiger partial charge in [0.05, 0.1) is 23.5 Å². The van der Waals surface area contributed by atoms with Crippen molar-refractivity contribution in [2.75, 3.05) is 16.8 Å². The molecule has 0 bridgehead atoms. The first kappa shape index (κ1) is 17.2. The molecule has 0 unspecified atom stereocenters. The Labute approximate surface area is 152 Å². The molecular weight excluding hydrogens is 324 g/mol. The maximum Gasteiger partial charge on any atom is 0.276 e. The lowest BCUT2D eigenvalue weighted by atomic mass is 10.2. The second-order valence-electron chi connectivity index (χ2n) is 5.63. The van der Waals surface area contributed by atoms with E-state index in [1.165, 1.54) is 0 Å². The highest BCUT2D eigenvalue weighted by atomic mass is 16.2. The molecule has 1 N–H and O–H groups in total. The molecule has 128 valence electrons. The number of carbonyl (C=O) groups excluding carboxylic acids is 1. The molecule has 5 heteroatoms. The van der Waals surface area contributed by atoms with Gasteiger partial charge in [0.2, 0.25) is 0 Å². The van der Waals surface area contributed by atoms with Gasteiger partial charge in [-0.1, -0.05) is 18.2 Å². The molecule has 1 aromatic heterocycles. The third kappa shape index (κ3) is 3.87. The van der Waals surface area contributed by atoms with Crippen LogP contribution in [0.5, 0.6) is 0 Å². The van der Waals surface area contributed by atoms with Crippen LogP contribution in [0.2, 0.25) is 0 Å². The lowest BCUT2D eigenvalue weighted by Gasteiger charge is -2.20. The number of rotatable bonds is 5. The number of pyridine rings is 1. The SMILES string of the molecule is CCN(C(=O)c1ccc(Nc2ccc(C#N)cc2)cn1)c1ccccc1. The highest BCUT2D eigenvalue weighted by Gasteiger charge is 2.17. The number of carbonyl (C=O) groups is 1. The molecule has 0 fully saturated rings. The summed E-state index contributed by atoms with van der Waals surface area (Å²) >= 11 is 0. The van der Waals surface area contributed by atoms with Crippen LogP contribution in [0.4, 0.5) is 17.1 Å². The largest absolute Gasteiger partial charge is 0.354 e. The number of hydrogen-bond donors (Lipinski definition) is 1. The van der Waals surface area contributed by atoms with E-state index in [1.54, 1.807) is 29.3 Å². The van der Waals surface area contributed by atoms with Crippen molar-refractivity contribution in [3.8, 4) is 6.07 Å². The predicted molar refractivity (Wildman–Crippen MR) is 102 cm³/mol. The van der Waals surface area contributed by atoms with Gasteiger partial charge >= 0.3 is 0 Å². The van der Waals surface area contributed by atoms with Crippen LogP contribution in [0.1, 0.15) is 23.0 Å². The molecule has 3 aromatic rings. The molecule has 0 aliphatic carbocycles. The fourth-order valence-electron chi connectivity index (χ4n) is 2.58. The fraction of sp³-hybridized carbons (Fsp3) is 0.0952. The summed E-state index contributed by atoms with van der Waals surface area (Å²) in [5, 5.41) is 12.0. The van der Waals surface area contributed by atoms with Crippen molar-refractivity contribution in [1.29, 1.82) is 5.26 Å². The van der Waals surface area contributed by atoms with Crippen LogP contribution in [0.25, 0.3) is 0 Å². The first-order valence-corrected chi connectivity index (χ1v) is 8.31. The van der Waals surface area contributed by atoms with Gasteiger partial charge < -0.3 is 10.2 Å². The third-order valence-corrected chi connectivity index (χ3v) is 3.91. The Balaban J connectivity index is 1.74. The summed E-state index contributed by atoms with van der Waals surface area (Å²) in [5.41, 5.74) is 3.47. The highest BCUT2D eigenvalue weighted by molar-refractivity contribution is 6.04. The number of nitriles is 1. The second-order valence-corrected chi connectivity index (χ2v) is 5.63. The summed E-state index contributed by atoms with van der Waals surface area (Å²) in [5.74, 6) is -0.136. The van der Waals surface area contributed by atoms with Crippen molar-refractivity contribution in [3.63, 3.8) is 0 Å². The maximum absolute atomic E-state index is 12.7. The topological polar surface area (TPSA) is 69.0 Å². The minimum Gasteiger partial charge on any atom is -0.354 e. The summed E-state index contributed by atoms with van der Waals surface area (Å²) in [6.45, 7) is 2.50. The molecule has 0 aliphatic rings. The van der Waals surface area contributed by atoms with Crippen molar-refractivity contribution >= 4 is 23.0 Å². The van der Waals surface area contributed by atoms with Crippen molar-refractivity contribution in [1.82, 2.24) is 4.98 Å². The van der Waals surface area contributed by atoms with Crippen LogP contribution in [-0.2, 0) is 0 Å². The van der Waals surface area contributed by atoms with Gasteiger partial charge in [-0.3, -0.25) is 4.79 Å². The number of nitrogens with one attached hydrogen (secondary N) is 1. The van der Waals surface area contributed by atoms with E-state index >= 15 is 0 Å². The van der Waals surface area contributed by atoms with Crippen LogP contribution in [0, 0.1) is 11.3 Å². The first-order chi connectivity index (χ1) is 12.7. The third-order valence-electron chi connectivity index (χ3n) is 3.91. The Bertz CT molecular complexity index is 913. The zero-order valence-electron chi connectivity index (χ0n) is 14.4. The van der Waals surface area contributed by atoms with Crippen molar-refractivity contribution in [2.24, 2.45) is 0 Å². The van der Waals surface area contributed by atoms with E-state index in [0.717, 1.165) is 17.1 Å². The number of benzene rings is 2. The molecule has 1 amide bonds. The molecule has 0 radical (unpaired) electrons. The van der Waals surface area contributed by atoms with Crippen molar-refractivity contribution in [2.45, 2.75) is 6.92 Å². The summed E-state index contributed by atoms with van der Waals surface area (Å²) in [6, 6.07) is 22.3. The number of hydrogen-bond acceptors (Lipinski definition) is 4. The van der Waals surface area contributed by atoms with Crippen molar-refractivity contribution < 1.29 is 4.79 Å². The predicted octanol–water partition coefficient (Wildman–Crippen LogP) is 4.36. The van der Waals surface area contributed by atoms with Gasteiger partial charge in [-0.2, -0.15) is 5.26 Å². The van der Waals surface area contributed by atoms with E-state index in [1.807, 2.05) is 55.5 Å². The molecule has 0 spiro atoms. The van der Waals surface area contributed by atoms with E-state index in [4.69, 9.17) is 5.26 Å². The maximum atomic E-state index is 12.7. The molecule has 0 saturated carbocycles. The minimum absolute atomic E-state index is 0.136. The number of para-hydroxylation sites is 1. The molecule has 3 rings (SSSR count). The van der Waals surface area contributed by atoms with Gasteiger partial charge in [0.1, 0.15) is 5.69 Å². The number of nitrogens with zero attached hydrogens (tertiary/aromatic N) is 3. The van der Waals surface area contributed by atoms with E-state index in [9.17, 15) is 4.79 Å². The van der Waals surface area contributed by atoms with Gasteiger partial charge in [-0.05, 0) is 55.5 Å².